The summed E-state index contributed by atoms with van der Waals surface area (Å²) in [4.78, 5) is 18.5. The highest BCUT2D eigenvalue weighted by Gasteiger charge is 2.37. The number of carbonyl (C=O) groups excluding carboxylic acids is 1. The first-order chi connectivity index (χ1) is 16.1. The van der Waals surface area contributed by atoms with Crippen molar-refractivity contribution in [1.29, 1.82) is 0 Å². The van der Waals surface area contributed by atoms with E-state index in [1.54, 1.807) is 16.4 Å². The third-order valence-electron chi connectivity index (χ3n) is 8.01. The van der Waals surface area contributed by atoms with Crippen molar-refractivity contribution < 1.29 is 17.9 Å². The molecule has 7 nitrogen and oxygen atoms in total. The van der Waals surface area contributed by atoms with Crippen LogP contribution in [0.25, 0.3) is 0 Å². The first-order valence-corrected chi connectivity index (χ1v) is 14.3. The number of rotatable bonds is 4. The van der Waals surface area contributed by atoms with E-state index in [1.165, 1.54) is 25.7 Å². The smallest absolute Gasteiger partial charge is 0.256 e. The molecule has 182 valence electrons. The van der Waals surface area contributed by atoms with Crippen molar-refractivity contribution in [3.05, 3.63) is 23.8 Å². The molecule has 1 aliphatic carbocycles. The summed E-state index contributed by atoms with van der Waals surface area (Å²) in [5, 5.41) is 0. The molecule has 4 aliphatic rings. The molecule has 0 N–H and O–H groups in total. The van der Waals surface area contributed by atoms with Crippen LogP contribution in [0.1, 0.15) is 68.1 Å². The Hall–Kier alpha value is -1.64. The van der Waals surface area contributed by atoms with Crippen LogP contribution in [0.4, 0.5) is 5.69 Å². The molecule has 2 unspecified atom stereocenters. The zero-order valence-electron chi connectivity index (χ0n) is 19.6. The summed E-state index contributed by atoms with van der Waals surface area (Å²) in [6.45, 7) is 4.56. The van der Waals surface area contributed by atoms with Gasteiger partial charge in [-0.05, 0) is 62.6 Å². The fourth-order valence-corrected chi connectivity index (χ4v) is 7.76. The van der Waals surface area contributed by atoms with Crippen LogP contribution in [0.5, 0.6) is 0 Å². The topological polar surface area (TPSA) is 70.2 Å². The Labute approximate surface area is 198 Å². The Morgan fingerprint density at radius 1 is 0.848 bits per heavy atom. The molecule has 1 saturated carbocycles. The molecule has 3 heterocycles. The molecule has 1 aromatic rings. The number of carbonyl (C=O) groups is 1. The fraction of sp³-hybridized carbons (Fsp3) is 0.720. The van der Waals surface area contributed by atoms with Crippen molar-refractivity contribution >= 4 is 21.6 Å². The lowest BCUT2D eigenvalue weighted by molar-refractivity contribution is 0.0390. The molecular weight excluding hydrogens is 438 g/mol. The van der Waals surface area contributed by atoms with E-state index in [1.807, 2.05) is 6.07 Å². The Kier molecular flexibility index (Phi) is 6.95. The number of fused-ring (bicyclic) bond motifs is 1. The van der Waals surface area contributed by atoms with Crippen LogP contribution in [0, 0.1) is 5.92 Å². The van der Waals surface area contributed by atoms with Crippen molar-refractivity contribution in [3.8, 4) is 0 Å². The monoisotopic (exact) mass is 475 g/mol. The summed E-state index contributed by atoms with van der Waals surface area (Å²) in [5.41, 5.74) is 1.39. The van der Waals surface area contributed by atoms with E-state index < -0.39 is 10.0 Å². The summed E-state index contributed by atoms with van der Waals surface area (Å²) < 4.78 is 34.0. The number of benzene rings is 1. The van der Waals surface area contributed by atoms with E-state index >= 15 is 0 Å². The van der Waals surface area contributed by atoms with Gasteiger partial charge in [0.1, 0.15) is 0 Å². The first-order valence-electron chi connectivity index (χ1n) is 12.8. The average molecular weight is 476 g/mol. The highest BCUT2D eigenvalue weighted by molar-refractivity contribution is 7.89. The second kappa shape index (κ2) is 9.92. The van der Waals surface area contributed by atoms with E-state index in [4.69, 9.17) is 4.74 Å². The van der Waals surface area contributed by atoms with Crippen molar-refractivity contribution in [2.24, 2.45) is 5.92 Å². The molecule has 0 aromatic heterocycles. The van der Waals surface area contributed by atoms with E-state index in [-0.39, 0.29) is 10.8 Å². The number of morpholine rings is 1. The van der Waals surface area contributed by atoms with Crippen molar-refractivity contribution in [2.75, 3.05) is 50.8 Å². The van der Waals surface area contributed by atoms with Gasteiger partial charge in [-0.2, -0.15) is 4.31 Å². The van der Waals surface area contributed by atoms with Gasteiger partial charge in [-0.1, -0.05) is 19.3 Å². The van der Waals surface area contributed by atoms with Crippen molar-refractivity contribution in [2.45, 2.75) is 68.7 Å². The molecule has 3 aliphatic heterocycles. The van der Waals surface area contributed by atoms with Gasteiger partial charge in [0.05, 0.1) is 23.7 Å². The third kappa shape index (κ3) is 4.66. The highest BCUT2D eigenvalue weighted by Crippen LogP contribution is 2.37. The third-order valence-corrected chi connectivity index (χ3v) is 9.90. The first kappa shape index (κ1) is 23.1. The Bertz CT molecular complexity index is 952. The van der Waals surface area contributed by atoms with Crippen LogP contribution < -0.4 is 4.90 Å². The van der Waals surface area contributed by atoms with Crippen LogP contribution in [0.2, 0.25) is 0 Å². The maximum Gasteiger partial charge on any atom is 0.256 e. The van der Waals surface area contributed by atoms with Gasteiger partial charge in [0.2, 0.25) is 10.0 Å². The molecule has 1 aromatic carbocycles. The molecule has 2 atom stereocenters. The van der Waals surface area contributed by atoms with Crippen LogP contribution in [0.3, 0.4) is 0 Å². The second-order valence-electron chi connectivity index (χ2n) is 10.00. The molecule has 33 heavy (non-hydrogen) atoms. The molecular formula is C25H37N3O4S. The summed E-state index contributed by atoms with van der Waals surface area (Å²) in [6, 6.07) is 5.52. The summed E-state index contributed by atoms with van der Waals surface area (Å²) in [7, 11) is -3.60. The number of likely N-dealkylation sites (tertiary alicyclic amines) is 1. The fourth-order valence-electron chi connectivity index (χ4n) is 6.21. The van der Waals surface area contributed by atoms with Gasteiger partial charge < -0.3 is 14.5 Å². The predicted molar refractivity (Wildman–Crippen MR) is 128 cm³/mol. The van der Waals surface area contributed by atoms with Crippen molar-refractivity contribution in [3.63, 3.8) is 0 Å². The SMILES string of the molecule is O=C(c1cc(S(=O)(=O)N2CCCCC2)ccc1N1CCOCC1)N1CCCC2CCCCC21. The number of hydrogen-bond acceptors (Lipinski definition) is 5. The van der Waals surface area contributed by atoms with Gasteiger partial charge in [0.15, 0.2) is 0 Å². The predicted octanol–water partition coefficient (Wildman–Crippen LogP) is 3.49. The minimum absolute atomic E-state index is 0.00351. The standard InChI is InChI=1S/C25H37N3O4S/c29-25(28-14-6-8-20-7-2-3-9-23(20)28)22-19-21(33(30,31)27-12-4-1-5-13-27)10-11-24(22)26-15-17-32-18-16-26/h10-11,19-20,23H,1-9,12-18H2. The summed E-state index contributed by atoms with van der Waals surface area (Å²) >= 11 is 0. The Morgan fingerprint density at radius 3 is 2.36 bits per heavy atom. The number of sulfonamides is 1. The van der Waals surface area contributed by atoms with Gasteiger partial charge in [-0.3, -0.25) is 4.79 Å². The molecule has 8 heteroatoms. The molecule has 0 spiro atoms. The molecule has 0 radical (unpaired) electrons. The lowest BCUT2D eigenvalue weighted by Gasteiger charge is -2.44. The lowest BCUT2D eigenvalue weighted by Crippen LogP contribution is -2.50. The Morgan fingerprint density at radius 2 is 1.58 bits per heavy atom. The largest absolute Gasteiger partial charge is 0.378 e. The molecule has 5 rings (SSSR count). The van der Waals surface area contributed by atoms with Gasteiger partial charge in [-0.15, -0.1) is 0 Å². The Balaban J connectivity index is 1.51. The van der Waals surface area contributed by atoms with Crippen LogP contribution in [-0.2, 0) is 14.8 Å². The molecule has 0 bridgehead atoms. The van der Waals surface area contributed by atoms with Crippen LogP contribution in [0.15, 0.2) is 23.1 Å². The highest BCUT2D eigenvalue weighted by atomic mass is 32.2. The number of anilines is 1. The zero-order valence-corrected chi connectivity index (χ0v) is 20.4. The maximum atomic E-state index is 14.0. The molecule has 3 saturated heterocycles. The number of amides is 1. The van der Waals surface area contributed by atoms with Crippen LogP contribution >= 0.6 is 0 Å². The zero-order chi connectivity index (χ0) is 22.8. The summed E-state index contributed by atoms with van der Waals surface area (Å²) in [5.74, 6) is 0.590. The maximum absolute atomic E-state index is 14.0. The van der Waals surface area contributed by atoms with E-state index in [2.05, 4.69) is 9.80 Å². The minimum atomic E-state index is -3.60. The second-order valence-corrected chi connectivity index (χ2v) is 11.9. The number of piperidine rings is 2. The molecule has 1 amide bonds. The average Bonchev–Trinajstić information content (AvgIpc) is 2.88. The quantitative estimate of drug-likeness (QED) is 0.667. The van der Waals surface area contributed by atoms with E-state index in [9.17, 15) is 13.2 Å². The van der Waals surface area contributed by atoms with Gasteiger partial charge in [-0.25, -0.2) is 8.42 Å². The number of hydrogen-bond donors (Lipinski definition) is 0. The van der Waals surface area contributed by atoms with Gasteiger partial charge in [0, 0.05) is 44.5 Å². The van der Waals surface area contributed by atoms with E-state index in [0.717, 1.165) is 44.3 Å². The van der Waals surface area contributed by atoms with Crippen LogP contribution in [-0.4, -0.2) is 75.5 Å². The number of nitrogens with zero attached hydrogens (tertiary/aromatic N) is 3. The van der Waals surface area contributed by atoms with E-state index in [0.29, 0.717) is 56.9 Å². The minimum Gasteiger partial charge on any atom is -0.378 e. The lowest BCUT2D eigenvalue weighted by atomic mass is 9.78. The number of ether oxygens (including phenoxy) is 1. The molecule has 4 fully saturated rings. The van der Waals surface area contributed by atoms with Gasteiger partial charge in [0.25, 0.3) is 5.91 Å². The van der Waals surface area contributed by atoms with Crippen molar-refractivity contribution in [1.82, 2.24) is 9.21 Å². The van der Waals surface area contributed by atoms with Gasteiger partial charge >= 0.3 is 0 Å². The summed E-state index contributed by atoms with van der Waals surface area (Å²) in [6.07, 6.45) is 9.80. The normalized spacial score (nSPS) is 27.3.